The first kappa shape index (κ1) is 16.2. The lowest BCUT2D eigenvalue weighted by Crippen LogP contribution is -1.84. The van der Waals surface area contributed by atoms with Gasteiger partial charge in [0.1, 0.15) is 0 Å². The summed E-state index contributed by atoms with van der Waals surface area (Å²) in [5.41, 5.74) is 2.23. The maximum Gasteiger partial charge on any atom is 0.328 e. The minimum Gasteiger partial charge on any atom is -0.478 e. The summed E-state index contributed by atoms with van der Waals surface area (Å²) in [7, 11) is 0. The van der Waals surface area contributed by atoms with Crippen LogP contribution in [0.15, 0.2) is 85.5 Å². The van der Waals surface area contributed by atoms with Crippen molar-refractivity contribution in [3.63, 3.8) is 0 Å². The minimum atomic E-state index is -0.933. The molecule has 0 aromatic heterocycles. The lowest BCUT2D eigenvalue weighted by Gasteiger charge is -1.87. The average Bonchev–Trinajstić information content (AvgIpc) is 2.54. The van der Waals surface area contributed by atoms with Crippen LogP contribution in [0.1, 0.15) is 11.1 Å². The Balaban J connectivity index is 0.000000235. The zero-order chi connectivity index (χ0) is 15.3. The Morgan fingerprint density at radius 1 is 0.857 bits per heavy atom. The maximum atomic E-state index is 10.1. The van der Waals surface area contributed by atoms with Crippen LogP contribution in [-0.2, 0) is 4.79 Å². The molecule has 2 rings (SSSR count). The molecule has 1 N–H and O–H groups in total. The van der Waals surface area contributed by atoms with E-state index in [1.165, 1.54) is 11.6 Å². The second kappa shape index (κ2) is 9.98. The molecule has 2 heteroatoms. The maximum absolute atomic E-state index is 10.1. The molecule has 0 spiro atoms. The van der Waals surface area contributed by atoms with E-state index in [0.717, 1.165) is 11.6 Å². The number of carbonyl (C=O) groups is 1. The molecule has 0 radical (unpaired) electrons. The van der Waals surface area contributed by atoms with Gasteiger partial charge in [-0.2, -0.15) is 0 Å². The normalized spacial score (nSPS) is 10.1. The molecule has 2 aromatic carbocycles. The Morgan fingerprint density at radius 2 is 1.38 bits per heavy atom. The fraction of sp³-hybridized carbons (Fsp3) is 0. The highest BCUT2D eigenvalue weighted by Crippen LogP contribution is 2.00. The SMILES string of the molecule is C=Cc1ccccc1.O=C(O)C=CC=Cc1ccccc1. The summed E-state index contributed by atoms with van der Waals surface area (Å²) in [4.78, 5) is 10.1. The first-order chi connectivity index (χ1) is 10.2. The molecule has 0 aliphatic rings. The van der Waals surface area contributed by atoms with Gasteiger partial charge in [-0.15, -0.1) is 0 Å². The Hall–Kier alpha value is -2.87. The van der Waals surface area contributed by atoms with E-state index in [1.807, 2.05) is 72.8 Å². The number of carboxylic acid groups (broad SMARTS) is 1. The highest BCUT2D eigenvalue weighted by Gasteiger charge is 1.82. The van der Waals surface area contributed by atoms with E-state index in [0.29, 0.717) is 0 Å². The molecule has 0 amide bonds. The molecular weight excluding hydrogens is 260 g/mol. The first-order valence-corrected chi connectivity index (χ1v) is 6.52. The number of carboxylic acids is 1. The first-order valence-electron chi connectivity index (χ1n) is 6.52. The third-order valence-corrected chi connectivity index (χ3v) is 2.47. The van der Waals surface area contributed by atoms with Crippen molar-refractivity contribution in [1.29, 1.82) is 0 Å². The van der Waals surface area contributed by atoms with Crippen molar-refractivity contribution in [2.75, 3.05) is 0 Å². The van der Waals surface area contributed by atoms with Gasteiger partial charge < -0.3 is 5.11 Å². The fourth-order valence-electron chi connectivity index (χ4n) is 1.46. The molecule has 0 heterocycles. The quantitative estimate of drug-likeness (QED) is 0.651. The molecule has 2 nitrogen and oxygen atoms in total. The van der Waals surface area contributed by atoms with E-state index < -0.39 is 5.97 Å². The topological polar surface area (TPSA) is 37.3 Å². The van der Waals surface area contributed by atoms with Gasteiger partial charge in [0.15, 0.2) is 0 Å². The number of rotatable bonds is 4. The van der Waals surface area contributed by atoms with Crippen LogP contribution in [0.2, 0.25) is 0 Å². The second-order valence-corrected chi connectivity index (χ2v) is 4.08. The van der Waals surface area contributed by atoms with Crippen molar-refractivity contribution in [2.45, 2.75) is 0 Å². The summed E-state index contributed by atoms with van der Waals surface area (Å²) < 4.78 is 0. The molecule has 2 aromatic rings. The predicted octanol–water partition coefficient (Wildman–Crippen LogP) is 4.67. The Bertz CT molecular complexity index is 596. The summed E-state index contributed by atoms with van der Waals surface area (Å²) >= 11 is 0. The highest BCUT2D eigenvalue weighted by molar-refractivity contribution is 5.80. The third-order valence-electron chi connectivity index (χ3n) is 2.47. The lowest BCUT2D eigenvalue weighted by molar-refractivity contribution is -0.131. The van der Waals surface area contributed by atoms with Crippen molar-refractivity contribution < 1.29 is 9.90 Å². The molecule has 0 saturated carbocycles. The molecule has 0 unspecified atom stereocenters. The van der Waals surface area contributed by atoms with Crippen LogP contribution in [0.4, 0.5) is 0 Å². The van der Waals surface area contributed by atoms with Crippen LogP contribution in [0, 0.1) is 0 Å². The van der Waals surface area contributed by atoms with Gasteiger partial charge in [0.05, 0.1) is 0 Å². The third kappa shape index (κ3) is 8.01. The number of allylic oxidation sites excluding steroid dienone is 2. The van der Waals surface area contributed by atoms with Crippen molar-refractivity contribution in [3.8, 4) is 0 Å². The van der Waals surface area contributed by atoms with Crippen LogP contribution in [0.5, 0.6) is 0 Å². The van der Waals surface area contributed by atoms with Gasteiger partial charge in [-0.05, 0) is 11.1 Å². The van der Waals surface area contributed by atoms with Crippen LogP contribution in [0.25, 0.3) is 12.2 Å². The number of hydrogen-bond donors (Lipinski definition) is 1. The minimum absolute atomic E-state index is 0.933. The standard InChI is InChI=1S/C11H10O2.C8H8/c12-11(13)9-5-4-8-10-6-2-1-3-7-10;1-2-8-6-4-3-5-7-8/h1-9H,(H,12,13);2-7H,1H2. The summed E-state index contributed by atoms with van der Waals surface area (Å²) in [6.45, 7) is 3.63. The second-order valence-electron chi connectivity index (χ2n) is 4.08. The average molecular weight is 278 g/mol. The van der Waals surface area contributed by atoms with Gasteiger partial charge in [0, 0.05) is 6.08 Å². The van der Waals surface area contributed by atoms with Gasteiger partial charge >= 0.3 is 5.97 Å². The molecule has 21 heavy (non-hydrogen) atoms. The molecule has 0 aliphatic carbocycles. The predicted molar refractivity (Wildman–Crippen MR) is 88.8 cm³/mol. The van der Waals surface area contributed by atoms with Crippen LogP contribution in [0.3, 0.4) is 0 Å². The van der Waals surface area contributed by atoms with E-state index in [9.17, 15) is 4.79 Å². The van der Waals surface area contributed by atoms with Gasteiger partial charge in [-0.1, -0.05) is 91.5 Å². The van der Waals surface area contributed by atoms with Gasteiger partial charge in [0.2, 0.25) is 0 Å². The number of aliphatic carboxylic acids is 1. The molecule has 0 bridgehead atoms. The van der Waals surface area contributed by atoms with E-state index in [1.54, 1.807) is 6.08 Å². The zero-order valence-corrected chi connectivity index (χ0v) is 11.7. The van der Waals surface area contributed by atoms with Gasteiger partial charge in [0.25, 0.3) is 0 Å². The monoisotopic (exact) mass is 278 g/mol. The van der Waals surface area contributed by atoms with Crippen molar-refractivity contribution in [3.05, 3.63) is 96.6 Å². The lowest BCUT2D eigenvalue weighted by atomic mass is 10.2. The Labute approximate surface area is 125 Å². The number of hydrogen-bond acceptors (Lipinski definition) is 1. The molecular formula is C19H18O2. The van der Waals surface area contributed by atoms with Crippen molar-refractivity contribution >= 4 is 18.1 Å². The van der Waals surface area contributed by atoms with Crippen LogP contribution in [-0.4, -0.2) is 11.1 Å². The highest BCUT2D eigenvalue weighted by atomic mass is 16.4. The summed E-state index contributed by atoms with van der Waals surface area (Å²) in [5, 5.41) is 8.29. The fourth-order valence-corrected chi connectivity index (χ4v) is 1.46. The largest absolute Gasteiger partial charge is 0.478 e. The molecule has 106 valence electrons. The van der Waals surface area contributed by atoms with Gasteiger partial charge in [-0.3, -0.25) is 0 Å². The van der Waals surface area contributed by atoms with Crippen molar-refractivity contribution in [1.82, 2.24) is 0 Å². The smallest absolute Gasteiger partial charge is 0.328 e. The molecule has 0 saturated heterocycles. The van der Waals surface area contributed by atoms with E-state index >= 15 is 0 Å². The molecule has 0 fully saturated rings. The van der Waals surface area contributed by atoms with E-state index in [2.05, 4.69) is 6.58 Å². The Morgan fingerprint density at radius 3 is 1.81 bits per heavy atom. The van der Waals surface area contributed by atoms with Crippen LogP contribution < -0.4 is 0 Å². The van der Waals surface area contributed by atoms with E-state index in [4.69, 9.17) is 5.11 Å². The zero-order valence-electron chi connectivity index (χ0n) is 11.7. The molecule has 0 atom stereocenters. The summed E-state index contributed by atoms with van der Waals surface area (Å²) in [5.74, 6) is -0.933. The summed E-state index contributed by atoms with van der Waals surface area (Å²) in [6, 6.07) is 19.7. The summed E-state index contributed by atoms with van der Waals surface area (Å²) in [6.07, 6.45) is 7.97. The Kier molecular flexibility index (Phi) is 7.69. The van der Waals surface area contributed by atoms with Gasteiger partial charge in [-0.25, -0.2) is 4.79 Å². The van der Waals surface area contributed by atoms with Crippen LogP contribution >= 0.6 is 0 Å². The molecule has 0 aliphatic heterocycles. The number of benzene rings is 2. The van der Waals surface area contributed by atoms with Crippen molar-refractivity contribution in [2.24, 2.45) is 0 Å². The van der Waals surface area contributed by atoms with E-state index in [-0.39, 0.29) is 0 Å².